The third kappa shape index (κ3) is 9.98. The van der Waals surface area contributed by atoms with Crippen LogP contribution in [0.1, 0.15) is 64.6 Å². The number of nitrogens with zero attached hydrogens (tertiary/aromatic N) is 1. The smallest absolute Gasteiger partial charge is 0.309 e. The predicted octanol–water partition coefficient (Wildman–Crippen LogP) is 6.04. The number of halogens is 1. The number of carbonyl (C=O) groups excluding carboxylic acids is 1. The monoisotopic (exact) mass is 407 g/mol. The maximum Gasteiger partial charge on any atom is 0.309 e. The van der Waals surface area contributed by atoms with Gasteiger partial charge < -0.3 is 4.74 Å². The maximum absolute atomic E-state index is 12.4. The normalized spacial score (nSPS) is 12.9. The van der Waals surface area contributed by atoms with Crippen molar-refractivity contribution in [2.45, 2.75) is 85.0 Å². The Labute approximate surface area is 171 Å². The molecular weight excluding hydrogens is 374 g/mol. The second-order valence-electron chi connectivity index (χ2n) is 9.06. The molecule has 27 heavy (non-hydrogen) atoms. The van der Waals surface area contributed by atoms with Gasteiger partial charge in [0.2, 0.25) is 0 Å². The minimum absolute atomic E-state index is 0.0603. The number of hydrogen-bond acceptors (Lipinski definition) is 3. The number of rotatable bonds is 7. The molecule has 1 aromatic rings. The number of aryl methyl sites for hydroxylation is 1. The van der Waals surface area contributed by atoms with Gasteiger partial charge in [-0.05, 0) is 52.5 Å². The molecule has 1 unspecified atom stereocenters. The highest BCUT2D eigenvalue weighted by Gasteiger charge is 2.24. The van der Waals surface area contributed by atoms with Crippen LogP contribution in [0.4, 0.5) is 0 Å². The third-order valence-corrected chi connectivity index (χ3v) is 5.04. The summed E-state index contributed by atoms with van der Waals surface area (Å²) in [6.07, 6.45) is 6.01. The van der Waals surface area contributed by atoms with Gasteiger partial charge in [0.1, 0.15) is 13.7 Å². The van der Waals surface area contributed by atoms with Crippen molar-refractivity contribution in [2.24, 2.45) is 5.92 Å². The SMILES string of the molecule is CCCC(CCCc1ncc(C#C[Si](C)(C)C)cc1Cl)C(=O)OC(C)(C)C. The summed E-state index contributed by atoms with van der Waals surface area (Å²) in [6.45, 7) is 14.4. The zero-order valence-electron chi connectivity index (χ0n) is 17.9. The lowest BCUT2D eigenvalue weighted by Gasteiger charge is -2.23. The number of aromatic nitrogens is 1. The molecule has 0 saturated carbocycles. The first-order valence-corrected chi connectivity index (χ1v) is 13.7. The Morgan fingerprint density at radius 1 is 1.30 bits per heavy atom. The molecule has 1 rings (SSSR count). The summed E-state index contributed by atoms with van der Waals surface area (Å²) in [4.78, 5) is 16.9. The van der Waals surface area contributed by atoms with Crippen LogP contribution in [0.3, 0.4) is 0 Å². The predicted molar refractivity (Wildman–Crippen MR) is 117 cm³/mol. The van der Waals surface area contributed by atoms with E-state index in [1.165, 1.54) is 0 Å². The van der Waals surface area contributed by atoms with E-state index in [1.807, 2.05) is 26.8 Å². The standard InChI is InChI=1S/C22H34ClNO2Si/c1-8-10-18(21(25)26-22(2,3)4)11-9-12-20-19(23)15-17(16-24-20)13-14-27(5,6)7/h15-16,18H,8-12H2,1-7H3. The summed E-state index contributed by atoms with van der Waals surface area (Å²) in [5.74, 6) is 3.03. The summed E-state index contributed by atoms with van der Waals surface area (Å²) in [7, 11) is -1.42. The number of pyridine rings is 1. The van der Waals surface area contributed by atoms with Crippen LogP contribution in [-0.4, -0.2) is 24.6 Å². The molecule has 0 N–H and O–H groups in total. The molecule has 1 atom stereocenters. The van der Waals surface area contributed by atoms with Crippen molar-refractivity contribution >= 4 is 25.6 Å². The molecule has 3 nitrogen and oxygen atoms in total. The Morgan fingerprint density at radius 3 is 2.48 bits per heavy atom. The summed E-state index contributed by atoms with van der Waals surface area (Å²) in [5.41, 5.74) is 4.62. The van der Waals surface area contributed by atoms with Gasteiger partial charge in [-0.25, -0.2) is 0 Å². The molecule has 0 amide bonds. The fourth-order valence-electron chi connectivity index (χ4n) is 2.61. The average molecular weight is 408 g/mol. The summed E-state index contributed by atoms with van der Waals surface area (Å²) in [6, 6.07) is 1.90. The van der Waals surface area contributed by atoms with Crippen molar-refractivity contribution < 1.29 is 9.53 Å². The van der Waals surface area contributed by atoms with E-state index in [-0.39, 0.29) is 11.9 Å². The Kier molecular flexibility index (Phi) is 9.04. The minimum Gasteiger partial charge on any atom is -0.460 e. The van der Waals surface area contributed by atoms with Gasteiger partial charge in [0.15, 0.2) is 0 Å². The van der Waals surface area contributed by atoms with Crippen LogP contribution in [0.5, 0.6) is 0 Å². The van der Waals surface area contributed by atoms with Crippen molar-refractivity contribution in [1.82, 2.24) is 4.98 Å². The van der Waals surface area contributed by atoms with Crippen LogP contribution in [0.15, 0.2) is 12.3 Å². The lowest BCUT2D eigenvalue weighted by molar-refractivity contribution is -0.160. The van der Waals surface area contributed by atoms with Crippen LogP contribution in [0, 0.1) is 17.4 Å². The molecule has 0 aliphatic carbocycles. The van der Waals surface area contributed by atoms with E-state index in [4.69, 9.17) is 16.3 Å². The van der Waals surface area contributed by atoms with Gasteiger partial charge in [0, 0.05) is 11.8 Å². The summed E-state index contributed by atoms with van der Waals surface area (Å²) in [5, 5.41) is 0.654. The number of hydrogen-bond donors (Lipinski definition) is 0. The second kappa shape index (κ2) is 10.3. The lowest BCUT2D eigenvalue weighted by Crippen LogP contribution is -2.28. The highest BCUT2D eigenvalue weighted by atomic mass is 35.5. The Bertz CT molecular complexity index is 693. The van der Waals surface area contributed by atoms with Crippen molar-refractivity contribution in [3.63, 3.8) is 0 Å². The first-order valence-electron chi connectivity index (χ1n) is 9.82. The van der Waals surface area contributed by atoms with E-state index in [9.17, 15) is 4.79 Å². The van der Waals surface area contributed by atoms with Gasteiger partial charge in [-0.1, -0.05) is 50.5 Å². The van der Waals surface area contributed by atoms with E-state index < -0.39 is 13.7 Å². The molecule has 0 saturated heterocycles. The van der Waals surface area contributed by atoms with Gasteiger partial charge in [-0.2, -0.15) is 0 Å². The lowest BCUT2D eigenvalue weighted by atomic mass is 9.96. The molecular formula is C22H34ClNO2Si. The van der Waals surface area contributed by atoms with E-state index in [2.05, 4.69) is 43.0 Å². The van der Waals surface area contributed by atoms with E-state index in [0.717, 1.165) is 43.4 Å². The highest BCUT2D eigenvalue weighted by Crippen LogP contribution is 2.22. The molecule has 0 bridgehead atoms. The van der Waals surface area contributed by atoms with Crippen molar-refractivity contribution in [1.29, 1.82) is 0 Å². The molecule has 0 aliphatic heterocycles. The fourth-order valence-corrected chi connectivity index (χ4v) is 3.39. The molecule has 0 aromatic carbocycles. The van der Waals surface area contributed by atoms with Crippen molar-refractivity contribution in [3.8, 4) is 11.5 Å². The molecule has 0 radical (unpaired) electrons. The first-order chi connectivity index (χ1) is 12.4. The number of ether oxygens (including phenoxy) is 1. The van der Waals surface area contributed by atoms with Crippen molar-refractivity contribution in [2.75, 3.05) is 0 Å². The summed E-state index contributed by atoms with van der Waals surface area (Å²) < 4.78 is 5.56. The van der Waals surface area contributed by atoms with Crippen LogP contribution < -0.4 is 0 Å². The van der Waals surface area contributed by atoms with Crippen LogP contribution in [0.25, 0.3) is 0 Å². The Morgan fingerprint density at radius 2 is 1.96 bits per heavy atom. The highest BCUT2D eigenvalue weighted by molar-refractivity contribution is 6.83. The van der Waals surface area contributed by atoms with Gasteiger partial charge >= 0.3 is 5.97 Å². The maximum atomic E-state index is 12.4. The molecule has 150 valence electrons. The number of carbonyl (C=O) groups is 1. The van der Waals surface area contributed by atoms with Gasteiger partial charge in [0.25, 0.3) is 0 Å². The van der Waals surface area contributed by atoms with Crippen LogP contribution >= 0.6 is 11.6 Å². The molecule has 5 heteroatoms. The van der Waals surface area contributed by atoms with Gasteiger partial charge in [-0.3, -0.25) is 9.78 Å². The molecule has 0 aliphatic rings. The Hall–Kier alpha value is -1.31. The van der Waals surface area contributed by atoms with Crippen molar-refractivity contribution in [3.05, 3.63) is 28.5 Å². The minimum atomic E-state index is -1.42. The number of esters is 1. The quantitative estimate of drug-likeness (QED) is 0.314. The Balaban J connectivity index is 2.68. The molecule has 1 aromatic heterocycles. The van der Waals surface area contributed by atoms with Crippen LogP contribution in [-0.2, 0) is 16.0 Å². The van der Waals surface area contributed by atoms with E-state index in [0.29, 0.717) is 5.02 Å². The first kappa shape index (κ1) is 23.7. The third-order valence-electron chi connectivity index (χ3n) is 3.84. The zero-order chi connectivity index (χ0) is 20.7. The van der Waals surface area contributed by atoms with Gasteiger partial charge in [-0.15, -0.1) is 5.54 Å². The largest absolute Gasteiger partial charge is 0.460 e. The molecule has 1 heterocycles. The summed E-state index contributed by atoms with van der Waals surface area (Å²) >= 11 is 6.39. The molecule has 0 spiro atoms. The zero-order valence-corrected chi connectivity index (χ0v) is 19.7. The van der Waals surface area contributed by atoms with Crippen LogP contribution in [0.2, 0.25) is 24.7 Å². The average Bonchev–Trinajstić information content (AvgIpc) is 2.51. The van der Waals surface area contributed by atoms with Gasteiger partial charge in [0.05, 0.1) is 16.6 Å². The second-order valence-corrected chi connectivity index (χ2v) is 14.2. The molecule has 0 fully saturated rings. The fraction of sp³-hybridized carbons (Fsp3) is 0.636. The van der Waals surface area contributed by atoms with E-state index >= 15 is 0 Å². The topological polar surface area (TPSA) is 39.2 Å². The van der Waals surface area contributed by atoms with E-state index in [1.54, 1.807) is 6.20 Å².